The smallest absolute Gasteiger partial charge is 0.342 e. The Bertz CT molecular complexity index is 855. The molecule has 0 unspecified atom stereocenters. The van der Waals surface area contributed by atoms with Crippen LogP contribution in [-0.4, -0.2) is 51.4 Å². The van der Waals surface area contributed by atoms with E-state index in [2.05, 4.69) is 19.9 Å². The van der Waals surface area contributed by atoms with Crippen LogP contribution in [0, 0.1) is 10.1 Å². The van der Waals surface area contributed by atoms with Crippen molar-refractivity contribution in [3.05, 3.63) is 16.3 Å². The van der Waals surface area contributed by atoms with Crippen LogP contribution in [0.4, 0.5) is 5.82 Å². The molecule has 2 heterocycles. The van der Waals surface area contributed by atoms with E-state index in [-0.39, 0.29) is 27.6 Å². The summed E-state index contributed by atoms with van der Waals surface area (Å²) in [7, 11) is -2.59. The van der Waals surface area contributed by atoms with E-state index in [0.29, 0.717) is 11.3 Å². The molecule has 124 valence electrons. The van der Waals surface area contributed by atoms with Crippen molar-refractivity contribution in [1.29, 1.82) is 0 Å². The number of hydrogen-bond donors (Lipinski definition) is 0. The molecule has 2 aromatic heterocycles. The van der Waals surface area contributed by atoms with Crippen LogP contribution < -0.4 is 0 Å². The normalized spacial score (nSPS) is 11.4. The Morgan fingerprint density at radius 3 is 2.74 bits per heavy atom. The first-order valence-corrected chi connectivity index (χ1v) is 8.61. The summed E-state index contributed by atoms with van der Waals surface area (Å²) in [4.78, 5) is 25.3. The third-order valence-electron chi connectivity index (χ3n) is 2.63. The van der Waals surface area contributed by atoms with Crippen molar-refractivity contribution < 1.29 is 22.9 Å². The Balaban J connectivity index is 2.31. The molecule has 13 heteroatoms. The van der Waals surface area contributed by atoms with E-state index in [1.165, 1.54) is 7.05 Å². The summed E-state index contributed by atoms with van der Waals surface area (Å²) in [5.74, 6) is -1.91. The van der Waals surface area contributed by atoms with Crippen LogP contribution in [0.2, 0.25) is 0 Å². The Morgan fingerprint density at radius 1 is 1.48 bits per heavy atom. The van der Waals surface area contributed by atoms with Gasteiger partial charge in [0.2, 0.25) is 19.2 Å². The number of sulfone groups is 1. The highest BCUT2D eigenvalue weighted by Gasteiger charge is 2.28. The van der Waals surface area contributed by atoms with Crippen molar-refractivity contribution in [1.82, 2.24) is 19.7 Å². The number of esters is 1. The summed E-state index contributed by atoms with van der Waals surface area (Å²) in [6.45, 7) is 1.62. The monoisotopic (exact) mass is 361 g/mol. The van der Waals surface area contributed by atoms with Gasteiger partial charge in [-0.3, -0.25) is 4.79 Å². The lowest BCUT2D eigenvalue weighted by Crippen LogP contribution is -2.18. The first-order valence-electron chi connectivity index (χ1n) is 6.14. The molecule has 0 radical (unpaired) electrons. The predicted octanol–water partition coefficient (Wildman–Crippen LogP) is 0.184. The lowest BCUT2D eigenvalue weighted by molar-refractivity contribution is -0.391. The van der Waals surface area contributed by atoms with E-state index < -0.39 is 26.5 Å². The molecule has 0 aliphatic heterocycles. The molecule has 0 spiro atoms. The van der Waals surface area contributed by atoms with Gasteiger partial charge in [-0.1, -0.05) is 11.3 Å². The Hall–Kier alpha value is -2.41. The number of nitro groups is 1. The van der Waals surface area contributed by atoms with Gasteiger partial charge in [-0.25, -0.2) is 18.0 Å². The summed E-state index contributed by atoms with van der Waals surface area (Å²) < 4.78 is 29.4. The van der Waals surface area contributed by atoms with Gasteiger partial charge in [-0.2, -0.15) is 0 Å². The van der Waals surface area contributed by atoms with Gasteiger partial charge < -0.3 is 14.9 Å². The van der Waals surface area contributed by atoms with Crippen molar-refractivity contribution in [3.8, 4) is 10.8 Å². The second-order valence-corrected chi connectivity index (χ2v) is 7.33. The van der Waals surface area contributed by atoms with Gasteiger partial charge in [0.15, 0.2) is 5.75 Å². The molecular formula is C10H11N5O6S2. The topological polar surface area (TPSA) is 147 Å². The van der Waals surface area contributed by atoms with Crippen LogP contribution in [0.5, 0.6) is 0 Å². The quantitative estimate of drug-likeness (QED) is 0.399. The van der Waals surface area contributed by atoms with Crippen LogP contribution in [0.15, 0.2) is 10.5 Å². The summed E-state index contributed by atoms with van der Waals surface area (Å²) in [5, 5.41) is 18.1. The lowest BCUT2D eigenvalue weighted by Gasteiger charge is -2.00. The lowest BCUT2D eigenvalue weighted by atomic mass is 10.6. The molecule has 0 N–H and O–H groups in total. The Kier molecular flexibility index (Phi) is 4.70. The number of hydrogen-bond acceptors (Lipinski definition) is 10. The van der Waals surface area contributed by atoms with Gasteiger partial charge >= 0.3 is 11.8 Å². The number of rotatable bonds is 6. The van der Waals surface area contributed by atoms with Crippen LogP contribution in [0.3, 0.4) is 0 Å². The SMILES string of the molecule is CCOC(=O)CS(=O)(=O)c1nnc(-c2ncc([N+](=O)[O-])n2C)s1. The zero-order valence-corrected chi connectivity index (χ0v) is 13.6. The molecule has 0 saturated carbocycles. The summed E-state index contributed by atoms with van der Waals surface area (Å²) in [6, 6.07) is 0. The van der Waals surface area contributed by atoms with E-state index in [0.717, 1.165) is 10.8 Å². The second kappa shape index (κ2) is 6.37. The number of imidazole rings is 1. The van der Waals surface area contributed by atoms with Gasteiger partial charge in [-0.05, 0) is 11.8 Å². The maximum absolute atomic E-state index is 12.0. The van der Waals surface area contributed by atoms with E-state index in [9.17, 15) is 23.3 Å². The minimum absolute atomic E-state index is 0.0622. The Labute approximate surface area is 134 Å². The van der Waals surface area contributed by atoms with Crippen molar-refractivity contribution in [3.63, 3.8) is 0 Å². The first-order chi connectivity index (χ1) is 10.8. The van der Waals surface area contributed by atoms with Crippen molar-refractivity contribution in [2.45, 2.75) is 11.3 Å². The molecule has 0 saturated heterocycles. The number of aromatic nitrogens is 4. The van der Waals surface area contributed by atoms with Gasteiger partial charge in [0.1, 0.15) is 6.20 Å². The predicted molar refractivity (Wildman–Crippen MR) is 77.5 cm³/mol. The maximum atomic E-state index is 12.0. The fraction of sp³-hybridized carbons (Fsp3) is 0.400. The third kappa shape index (κ3) is 3.50. The Morgan fingerprint density at radius 2 is 2.17 bits per heavy atom. The molecule has 0 aliphatic rings. The molecule has 2 rings (SSSR count). The average Bonchev–Trinajstić information content (AvgIpc) is 3.04. The van der Waals surface area contributed by atoms with Gasteiger partial charge in [0.25, 0.3) is 5.82 Å². The second-order valence-electron chi connectivity index (χ2n) is 4.19. The van der Waals surface area contributed by atoms with E-state index in [4.69, 9.17) is 0 Å². The fourth-order valence-electron chi connectivity index (χ4n) is 1.61. The van der Waals surface area contributed by atoms with Crippen LogP contribution >= 0.6 is 11.3 Å². The highest BCUT2D eigenvalue weighted by molar-refractivity contribution is 7.94. The molecule has 0 bridgehead atoms. The molecule has 0 fully saturated rings. The maximum Gasteiger partial charge on any atom is 0.342 e. The van der Waals surface area contributed by atoms with E-state index in [1.54, 1.807) is 6.92 Å². The first kappa shape index (κ1) is 17.0. The zero-order valence-electron chi connectivity index (χ0n) is 12.0. The van der Waals surface area contributed by atoms with Crippen molar-refractivity contribution in [2.24, 2.45) is 7.05 Å². The van der Waals surface area contributed by atoms with Crippen molar-refractivity contribution in [2.75, 3.05) is 12.4 Å². The van der Waals surface area contributed by atoms with Gasteiger partial charge in [-0.15, -0.1) is 10.2 Å². The number of carbonyl (C=O) groups is 1. The number of ether oxygens (including phenoxy) is 1. The van der Waals surface area contributed by atoms with Crippen LogP contribution in [0.1, 0.15) is 6.92 Å². The van der Waals surface area contributed by atoms with Crippen LogP contribution in [0.25, 0.3) is 10.8 Å². The molecule has 0 atom stereocenters. The molecule has 0 aromatic carbocycles. The van der Waals surface area contributed by atoms with Gasteiger partial charge in [0.05, 0.1) is 13.7 Å². The molecule has 0 aliphatic carbocycles. The third-order valence-corrected chi connectivity index (χ3v) is 5.58. The standard InChI is InChI=1S/C10H11N5O6S2/c1-3-21-7(16)5-23(19,20)10-13-12-9(22-10)8-11-4-6(14(8)2)15(17)18/h4H,3,5H2,1-2H3. The highest BCUT2D eigenvalue weighted by Crippen LogP contribution is 2.27. The molecule has 23 heavy (non-hydrogen) atoms. The summed E-state index contributed by atoms with van der Waals surface area (Å²) in [5.41, 5.74) is 0. The number of nitrogens with zero attached hydrogens (tertiary/aromatic N) is 5. The molecule has 2 aromatic rings. The van der Waals surface area contributed by atoms with Gasteiger partial charge in [0, 0.05) is 0 Å². The van der Waals surface area contributed by atoms with Crippen molar-refractivity contribution >= 4 is 33.0 Å². The fourth-order valence-corrected chi connectivity index (χ4v) is 3.83. The molecular weight excluding hydrogens is 350 g/mol. The van der Waals surface area contributed by atoms with E-state index in [1.807, 2.05) is 0 Å². The highest BCUT2D eigenvalue weighted by atomic mass is 32.2. The number of carbonyl (C=O) groups excluding carboxylic acids is 1. The molecule has 0 amide bonds. The minimum atomic E-state index is -3.99. The van der Waals surface area contributed by atoms with Crippen LogP contribution in [-0.2, 0) is 26.4 Å². The summed E-state index contributed by atoms with van der Waals surface area (Å²) >= 11 is 0.668. The average molecular weight is 361 g/mol. The zero-order chi connectivity index (χ0) is 17.2. The largest absolute Gasteiger partial charge is 0.465 e. The molecule has 11 nitrogen and oxygen atoms in total. The minimum Gasteiger partial charge on any atom is -0.465 e. The summed E-state index contributed by atoms with van der Waals surface area (Å²) in [6.07, 6.45) is 1.03. The van der Waals surface area contributed by atoms with E-state index >= 15 is 0 Å².